The number of hydrogen-bond donors (Lipinski definition) is 3. The third-order valence-corrected chi connectivity index (χ3v) is 8.11. The third-order valence-electron chi connectivity index (χ3n) is 7.02. The van der Waals surface area contributed by atoms with Crippen molar-refractivity contribution in [3.63, 3.8) is 0 Å². The van der Waals surface area contributed by atoms with Crippen LogP contribution in [0.15, 0.2) is 67.5 Å². The Kier molecular flexibility index (Phi) is 6.64. The Bertz CT molecular complexity index is 1650. The van der Waals surface area contributed by atoms with Crippen LogP contribution in [0, 0.1) is 6.92 Å². The van der Waals surface area contributed by atoms with Gasteiger partial charge in [-0.25, -0.2) is 14.8 Å². The molecule has 10 nitrogen and oxygen atoms in total. The summed E-state index contributed by atoms with van der Waals surface area (Å²) < 4.78 is 5.85. The third kappa shape index (κ3) is 4.75. The van der Waals surface area contributed by atoms with Crippen LogP contribution in [0.3, 0.4) is 0 Å². The largest absolute Gasteiger partial charge is 0.439 e. The number of amides is 4. The topological polar surface area (TPSA) is 126 Å². The standard InChI is InChI=1S/C29H26N6O4S/c1-3-22(36)32-17-9-10-18(14-17)33-27(37)26-25-24-20(11-12-30-28(24)40-26)35(29(38)34-25)21-15-31-23(13-16(21)2)39-19-7-5-4-6-8-19/h3-8,11-13,15,17-18H,1,9-10,14H2,2H3,(H,32,36)(H,33,37)(H,34,38)/t17?,18-/m0/s1. The lowest BCUT2D eigenvalue weighted by molar-refractivity contribution is -0.117. The van der Waals surface area contributed by atoms with Crippen LogP contribution in [-0.2, 0) is 4.79 Å². The van der Waals surface area contributed by atoms with Crippen LogP contribution in [0.1, 0.15) is 34.5 Å². The quantitative estimate of drug-likeness (QED) is 0.262. The first-order valence-corrected chi connectivity index (χ1v) is 13.7. The first kappa shape index (κ1) is 25.5. The minimum absolute atomic E-state index is 0.0144. The number of para-hydroxylation sites is 1. The molecule has 1 saturated carbocycles. The molecule has 40 heavy (non-hydrogen) atoms. The summed E-state index contributed by atoms with van der Waals surface area (Å²) >= 11 is 1.23. The molecule has 202 valence electrons. The normalized spacial score (nSPS) is 17.8. The predicted octanol–water partition coefficient (Wildman–Crippen LogP) is 5.43. The molecule has 0 radical (unpaired) electrons. The van der Waals surface area contributed by atoms with Gasteiger partial charge in [0.1, 0.15) is 15.5 Å². The number of urea groups is 1. The van der Waals surface area contributed by atoms with Gasteiger partial charge in [0.2, 0.25) is 11.8 Å². The minimum atomic E-state index is -0.401. The van der Waals surface area contributed by atoms with E-state index in [1.54, 1.807) is 29.4 Å². The lowest BCUT2D eigenvalue weighted by Crippen LogP contribution is -2.37. The summed E-state index contributed by atoms with van der Waals surface area (Å²) in [6.45, 7) is 5.37. The number of hydrogen-bond acceptors (Lipinski definition) is 7. The van der Waals surface area contributed by atoms with Gasteiger partial charge in [0.15, 0.2) is 0 Å². The maximum atomic E-state index is 13.5. The molecule has 2 aliphatic rings. The SMILES string of the molecule is C=CC(=O)NC1CC[C@H](NC(=O)c2sc3nccc4c3c2NC(=O)N4c2cnc(Oc3ccccc3)cc2C)C1. The summed E-state index contributed by atoms with van der Waals surface area (Å²) in [7, 11) is 0. The average Bonchev–Trinajstić information content (AvgIpc) is 3.55. The molecule has 1 aromatic carbocycles. The summed E-state index contributed by atoms with van der Waals surface area (Å²) in [5.41, 5.74) is 2.45. The highest BCUT2D eigenvalue weighted by Crippen LogP contribution is 2.46. The van der Waals surface area contributed by atoms with Gasteiger partial charge in [-0.2, -0.15) is 0 Å². The molecule has 4 aromatic rings. The zero-order chi connectivity index (χ0) is 27.8. The van der Waals surface area contributed by atoms with E-state index in [1.807, 2.05) is 37.3 Å². The molecule has 1 aliphatic heterocycles. The lowest BCUT2D eigenvalue weighted by Gasteiger charge is -2.29. The van der Waals surface area contributed by atoms with E-state index in [4.69, 9.17) is 4.74 Å². The number of carbonyl (C=O) groups is 3. The number of pyridine rings is 2. The van der Waals surface area contributed by atoms with Gasteiger partial charge in [0, 0.05) is 24.3 Å². The van der Waals surface area contributed by atoms with Gasteiger partial charge in [-0.15, -0.1) is 11.3 Å². The first-order chi connectivity index (χ1) is 19.4. The molecule has 2 atom stereocenters. The van der Waals surface area contributed by atoms with Crippen molar-refractivity contribution in [3.8, 4) is 11.6 Å². The van der Waals surface area contributed by atoms with Crippen molar-refractivity contribution in [1.29, 1.82) is 0 Å². The Labute approximate surface area is 234 Å². The maximum absolute atomic E-state index is 13.5. The zero-order valence-corrected chi connectivity index (χ0v) is 22.5. The van der Waals surface area contributed by atoms with Crippen LogP contribution in [-0.4, -0.2) is 39.9 Å². The van der Waals surface area contributed by atoms with Crippen molar-refractivity contribution in [2.24, 2.45) is 0 Å². The number of aromatic nitrogens is 2. The van der Waals surface area contributed by atoms with E-state index >= 15 is 0 Å². The molecule has 0 saturated heterocycles. The molecular weight excluding hydrogens is 528 g/mol. The molecule has 6 rings (SSSR count). The second-order valence-corrected chi connectivity index (χ2v) is 10.7. The van der Waals surface area contributed by atoms with Crippen LogP contribution in [0.5, 0.6) is 11.6 Å². The van der Waals surface area contributed by atoms with Gasteiger partial charge in [-0.1, -0.05) is 24.8 Å². The van der Waals surface area contributed by atoms with Gasteiger partial charge in [-0.3, -0.25) is 14.5 Å². The highest BCUT2D eigenvalue weighted by Gasteiger charge is 2.35. The van der Waals surface area contributed by atoms with Crippen LogP contribution >= 0.6 is 11.3 Å². The molecule has 0 bridgehead atoms. The number of carbonyl (C=O) groups excluding carboxylic acids is 3. The Morgan fingerprint density at radius 2 is 1.90 bits per heavy atom. The van der Waals surface area contributed by atoms with Gasteiger partial charge in [0.05, 0.1) is 28.6 Å². The second kappa shape index (κ2) is 10.4. The molecule has 4 amide bonds. The maximum Gasteiger partial charge on any atom is 0.331 e. The van der Waals surface area contributed by atoms with E-state index in [1.165, 1.54) is 17.4 Å². The second-order valence-electron chi connectivity index (χ2n) is 9.70. The Balaban J connectivity index is 1.27. The molecule has 3 aromatic heterocycles. The highest BCUT2D eigenvalue weighted by atomic mass is 32.1. The van der Waals surface area contributed by atoms with Gasteiger partial charge >= 0.3 is 6.03 Å². The van der Waals surface area contributed by atoms with Crippen LogP contribution in [0.4, 0.5) is 21.9 Å². The number of aryl methyl sites for hydroxylation is 1. The fourth-order valence-corrected chi connectivity index (χ4v) is 6.18. The number of ether oxygens (including phenoxy) is 1. The van der Waals surface area contributed by atoms with Gasteiger partial charge in [-0.05, 0) is 56.0 Å². The fraction of sp³-hybridized carbons (Fsp3) is 0.207. The van der Waals surface area contributed by atoms with E-state index in [2.05, 4.69) is 32.5 Å². The average molecular weight is 555 g/mol. The smallest absolute Gasteiger partial charge is 0.331 e. The van der Waals surface area contributed by atoms with Crippen LogP contribution in [0.25, 0.3) is 10.2 Å². The van der Waals surface area contributed by atoms with Crippen molar-refractivity contribution >= 4 is 56.5 Å². The molecule has 3 N–H and O–H groups in total. The minimum Gasteiger partial charge on any atom is -0.439 e. The summed E-state index contributed by atoms with van der Waals surface area (Å²) in [5, 5.41) is 9.57. The summed E-state index contributed by atoms with van der Waals surface area (Å²) in [5.74, 6) is 0.578. The van der Waals surface area contributed by atoms with Crippen molar-refractivity contribution in [2.45, 2.75) is 38.3 Å². The molecule has 1 fully saturated rings. The molecule has 1 unspecified atom stereocenters. The van der Waals surface area contributed by atoms with E-state index in [0.717, 1.165) is 18.4 Å². The first-order valence-electron chi connectivity index (χ1n) is 12.9. The number of benzene rings is 1. The lowest BCUT2D eigenvalue weighted by atomic mass is 10.1. The van der Waals surface area contributed by atoms with Crippen molar-refractivity contribution in [3.05, 3.63) is 78.0 Å². The van der Waals surface area contributed by atoms with E-state index in [-0.39, 0.29) is 23.9 Å². The van der Waals surface area contributed by atoms with Crippen molar-refractivity contribution in [2.75, 3.05) is 10.2 Å². The summed E-state index contributed by atoms with van der Waals surface area (Å²) in [6, 6.07) is 12.4. The number of thiophene rings is 1. The number of nitrogens with zero attached hydrogens (tertiary/aromatic N) is 3. The Morgan fingerprint density at radius 3 is 2.65 bits per heavy atom. The Morgan fingerprint density at radius 1 is 1.12 bits per heavy atom. The number of rotatable bonds is 7. The van der Waals surface area contributed by atoms with E-state index in [9.17, 15) is 14.4 Å². The monoisotopic (exact) mass is 554 g/mol. The highest BCUT2D eigenvalue weighted by molar-refractivity contribution is 7.21. The number of nitrogens with one attached hydrogen (secondary N) is 3. The van der Waals surface area contributed by atoms with E-state index in [0.29, 0.717) is 50.2 Å². The predicted molar refractivity (Wildman–Crippen MR) is 154 cm³/mol. The zero-order valence-electron chi connectivity index (χ0n) is 21.6. The fourth-order valence-electron chi connectivity index (χ4n) is 5.16. The Hall–Kier alpha value is -4.77. The number of anilines is 3. The molecule has 4 heterocycles. The molecular formula is C29H26N6O4S. The van der Waals surface area contributed by atoms with Crippen LogP contribution < -0.4 is 25.6 Å². The molecule has 1 aliphatic carbocycles. The van der Waals surface area contributed by atoms with Crippen molar-refractivity contribution in [1.82, 2.24) is 20.6 Å². The van der Waals surface area contributed by atoms with E-state index < -0.39 is 6.03 Å². The van der Waals surface area contributed by atoms with Gasteiger partial charge < -0.3 is 20.7 Å². The summed E-state index contributed by atoms with van der Waals surface area (Å²) in [6.07, 6.45) is 6.62. The van der Waals surface area contributed by atoms with Gasteiger partial charge in [0.25, 0.3) is 5.91 Å². The molecule has 0 spiro atoms. The molecule has 11 heteroatoms. The summed E-state index contributed by atoms with van der Waals surface area (Å²) in [4.78, 5) is 49.9. The van der Waals surface area contributed by atoms with Crippen molar-refractivity contribution < 1.29 is 19.1 Å². The van der Waals surface area contributed by atoms with Crippen LogP contribution in [0.2, 0.25) is 0 Å².